The van der Waals surface area contributed by atoms with Gasteiger partial charge in [0.2, 0.25) is 0 Å². The molecular weight excluding hydrogens is 298 g/mol. The summed E-state index contributed by atoms with van der Waals surface area (Å²) >= 11 is 1.73. The number of primary amides is 1. The molecule has 6 heteroatoms. The van der Waals surface area contributed by atoms with Crippen molar-refractivity contribution in [3.63, 3.8) is 0 Å². The molecule has 0 aliphatic carbocycles. The molecule has 2 rings (SSSR count). The molecule has 4 N–H and O–H groups in total. The zero-order chi connectivity index (χ0) is 15.9. The smallest absolute Gasteiger partial charge is 0.316 e. The van der Waals surface area contributed by atoms with E-state index in [4.69, 9.17) is 5.73 Å². The first kappa shape index (κ1) is 15.9. The summed E-state index contributed by atoms with van der Waals surface area (Å²) in [7, 11) is 0. The van der Waals surface area contributed by atoms with Crippen molar-refractivity contribution in [2.75, 3.05) is 16.9 Å². The summed E-state index contributed by atoms with van der Waals surface area (Å²) in [6, 6.07) is 13.6. The van der Waals surface area contributed by atoms with Gasteiger partial charge >= 0.3 is 6.03 Å². The number of hydrogen-bond acceptors (Lipinski definition) is 3. The number of urea groups is 1. The molecule has 2 aromatic rings. The summed E-state index contributed by atoms with van der Waals surface area (Å²) in [4.78, 5) is 23.0. The van der Waals surface area contributed by atoms with E-state index in [9.17, 15) is 9.59 Å². The maximum atomic E-state index is 12.2. The van der Waals surface area contributed by atoms with Crippen LogP contribution in [0.3, 0.4) is 0 Å². The van der Waals surface area contributed by atoms with Crippen molar-refractivity contribution in [3.05, 3.63) is 59.7 Å². The summed E-state index contributed by atoms with van der Waals surface area (Å²) < 4.78 is 0. The van der Waals surface area contributed by atoms with Gasteiger partial charge in [0.1, 0.15) is 0 Å². The number of amides is 3. The van der Waals surface area contributed by atoms with Crippen molar-refractivity contribution in [3.8, 4) is 0 Å². The van der Waals surface area contributed by atoms with Crippen molar-refractivity contribution in [2.24, 2.45) is 5.73 Å². The molecule has 5 nitrogen and oxygen atoms in total. The maximum Gasteiger partial charge on any atom is 0.316 e. The second-order valence-electron chi connectivity index (χ2n) is 4.65. The van der Waals surface area contributed by atoms with Gasteiger partial charge in [-0.25, -0.2) is 4.79 Å². The lowest BCUT2D eigenvalue weighted by Gasteiger charge is -2.08. The number of carbonyl (C=O) groups excluding carboxylic acids is 2. The number of nitrogens with two attached hydrogens (primary N) is 1. The monoisotopic (exact) mass is 315 g/mol. The van der Waals surface area contributed by atoms with Crippen molar-refractivity contribution in [1.29, 1.82) is 0 Å². The summed E-state index contributed by atoms with van der Waals surface area (Å²) in [5.41, 5.74) is 7.94. The second-order valence-corrected chi connectivity index (χ2v) is 5.52. The molecule has 0 aliphatic rings. The highest BCUT2D eigenvalue weighted by molar-refractivity contribution is 7.97. The van der Waals surface area contributed by atoms with Crippen LogP contribution in [0.1, 0.15) is 15.9 Å². The number of nitrogens with one attached hydrogen (secondary N) is 2. The lowest BCUT2D eigenvalue weighted by Crippen LogP contribution is -2.19. The summed E-state index contributed by atoms with van der Waals surface area (Å²) in [6.45, 7) is 0. The molecule has 22 heavy (non-hydrogen) atoms. The fourth-order valence-corrected chi connectivity index (χ4v) is 2.47. The standard InChI is InChI=1S/C16H17N3O2S/c1-22-10-11-5-7-12(8-6-11)15(20)18-13-3-2-4-14(9-13)19-16(17)21/h2-9H,10H2,1H3,(H,18,20)(H3,17,19,21). The Kier molecular flexibility index (Phi) is 5.43. The molecule has 3 amide bonds. The highest BCUT2D eigenvalue weighted by atomic mass is 32.2. The van der Waals surface area contributed by atoms with Crippen LogP contribution in [0.2, 0.25) is 0 Å². The lowest BCUT2D eigenvalue weighted by molar-refractivity contribution is 0.102. The van der Waals surface area contributed by atoms with Crippen LogP contribution in [0, 0.1) is 0 Å². The second kappa shape index (κ2) is 7.51. The number of thioether (sulfide) groups is 1. The molecule has 0 unspecified atom stereocenters. The molecule has 0 radical (unpaired) electrons. The van der Waals surface area contributed by atoms with Crippen molar-refractivity contribution >= 4 is 35.1 Å². The SMILES string of the molecule is CSCc1ccc(C(=O)Nc2cccc(NC(N)=O)c2)cc1. The summed E-state index contributed by atoms with van der Waals surface area (Å²) in [5.74, 6) is 0.717. The molecule has 2 aromatic carbocycles. The Hall–Kier alpha value is -2.47. The molecule has 0 atom stereocenters. The zero-order valence-corrected chi connectivity index (χ0v) is 12.9. The van der Waals surface area contributed by atoms with Gasteiger partial charge in [-0.05, 0) is 42.2 Å². The van der Waals surface area contributed by atoms with Crippen molar-refractivity contribution < 1.29 is 9.59 Å². The number of hydrogen-bond donors (Lipinski definition) is 3. The van der Waals surface area contributed by atoms with E-state index in [0.717, 1.165) is 5.75 Å². The minimum Gasteiger partial charge on any atom is -0.351 e. The number of anilines is 2. The van der Waals surface area contributed by atoms with Gasteiger partial charge in [0.05, 0.1) is 0 Å². The van der Waals surface area contributed by atoms with Crippen LogP contribution in [0.4, 0.5) is 16.2 Å². The van der Waals surface area contributed by atoms with E-state index in [1.165, 1.54) is 5.56 Å². The number of benzene rings is 2. The van der Waals surface area contributed by atoms with E-state index in [0.29, 0.717) is 16.9 Å². The van der Waals surface area contributed by atoms with Gasteiger partial charge in [-0.1, -0.05) is 18.2 Å². The van der Waals surface area contributed by atoms with E-state index in [1.807, 2.05) is 18.4 Å². The quantitative estimate of drug-likeness (QED) is 0.791. The molecule has 0 aromatic heterocycles. The molecule has 0 saturated carbocycles. The minimum atomic E-state index is -0.646. The molecule has 0 fully saturated rings. The van der Waals surface area contributed by atoms with Gasteiger partial charge in [-0.15, -0.1) is 0 Å². The Bertz CT molecular complexity index is 671. The number of carbonyl (C=O) groups is 2. The normalized spacial score (nSPS) is 10.0. The topological polar surface area (TPSA) is 84.2 Å². The largest absolute Gasteiger partial charge is 0.351 e. The van der Waals surface area contributed by atoms with Gasteiger partial charge in [0.15, 0.2) is 0 Å². The van der Waals surface area contributed by atoms with Gasteiger partial charge in [0.25, 0.3) is 5.91 Å². The third kappa shape index (κ3) is 4.53. The van der Waals surface area contributed by atoms with Gasteiger partial charge in [-0.3, -0.25) is 4.79 Å². The number of rotatable bonds is 5. The predicted molar refractivity (Wildman–Crippen MR) is 91.3 cm³/mol. The van der Waals surface area contributed by atoms with Crippen LogP contribution in [-0.2, 0) is 5.75 Å². The van der Waals surface area contributed by atoms with Crippen LogP contribution in [0.25, 0.3) is 0 Å². The Morgan fingerprint density at radius 2 is 1.68 bits per heavy atom. The molecule has 0 aliphatic heterocycles. The minimum absolute atomic E-state index is 0.202. The Balaban J connectivity index is 2.06. The lowest BCUT2D eigenvalue weighted by atomic mass is 10.1. The van der Waals surface area contributed by atoms with E-state index in [2.05, 4.69) is 10.6 Å². The average molecular weight is 315 g/mol. The average Bonchev–Trinajstić information content (AvgIpc) is 2.48. The fraction of sp³-hybridized carbons (Fsp3) is 0.125. The fourth-order valence-electron chi connectivity index (χ4n) is 1.94. The van der Waals surface area contributed by atoms with Crippen LogP contribution in [0.15, 0.2) is 48.5 Å². The van der Waals surface area contributed by atoms with Gasteiger partial charge < -0.3 is 16.4 Å². The highest BCUT2D eigenvalue weighted by Crippen LogP contribution is 2.16. The van der Waals surface area contributed by atoms with Crippen LogP contribution < -0.4 is 16.4 Å². The summed E-state index contributed by atoms with van der Waals surface area (Å²) in [6.07, 6.45) is 2.04. The Morgan fingerprint density at radius 1 is 1.05 bits per heavy atom. The Morgan fingerprint density at radius 3 is 2.27 bits per heavy atom. The first-order valence-corrected chi connectivity index (χ1v) is 8.03. The van der Waals surface area contributed by atoms with Gasteiger partial charge in [0, 0.05) is 22.7 Å². The molecule has 0 saturated heterocycles. The molecular formula is C16H17N3O2S. The molecule has 114 valence electrons. The van der Waals surface area contributed by atoms with Crippen molar-refractivity contribution in [1.82, 2.24) is 0 Å². The maximum absolute atomic E-state index is 12.2. The predicted octanol–water partition coefficient (Wildman–Crippen LogP) is 3.29. The van der Waals surface area contributed by atoms with E-state index in [-0.39, 0.29) is 5.91 Å². The van der Waals surface area contributed by atoms with Crippen molar-refractivity contribution in [2.45, 2.75) is 5.75 Å². The van der Waals surface area contributed by atoms with Crippen LogP contribution >= 0.6 is 11.8 Å². The van der Waals surface area contributed by atoms with E-state index >= 15 is 0 Å². The first-order valence-electron chi connectivity index (χ1n) is 6.64. The van der Waals surface area contributed by atoms with E-state index in [1.54, 1.807) is 48.2 Å². The molecule has 0 spiro atoms. The molecule has 0 heterocycles. The third-order valence-corrected chi connectivity index (χ3v) is 3.54. The van der Waals surface area contributed by atoms with E-state index < -0.39 is 6.03 Å². The molecule has 0 bridgehead atoms. The first-order chi connectivity index (χ1) is 10.6. The van der Waals surface area contributed by atoms with Gasteiger partial charge in [-0.2, -0.15) is 11.8 Å². The zero-order valence-electron chi connectivity index (χ0n) is 12.1. The third-order valence-electron chi connectivity index (χ3n) is 2.92. The highest BCUT2D eigenvalue weighted by Gasteiger charge is 2.07. The van der Waals surface area contributed by atoms with Crippen LogP contribution in [-0.4, -0.2) is 18.2 Å². The summed E-state index contributed by atoms with van der Waals surface area (Å²) in [5, 5.41) is 5.25. The Labute approximate surface area is 133 Å². The van der Waals surface area contributed by atoms with Crippen LogP contribution in [0.5, 0.6) is 0 Å².